The lowest BCUT2D eigenvalue weighted by Gasteiger charge is -2.47. The Morgan fingerprint density at radius 1 is 1.06 bits per heavy atom. The number of hydrogen-bond acceptors (Lipinski definition) is 4. The maximum absolute atomic E-state index is 14.4. The third kappa shape index (κ3) is 3.90. The predicted molar refractivity (Wildman–Crippen MR) is 133 cm³/mol. The van der Waals surface area contributed by atoms with Gasteiger partial charge in [0, 0.05) is 40.9 Å². The number of benzene rings is 2. The highest BCUT2D eigenvalue weighted by atomic mass is 19.1. The number of nitrogens with one attached hydrogen (secondary N) is 2. The molecule has 3 fully saturated rings. The molecule has 7 rings (SSSR count). The molecule has 3 aliphatic rings. The quantitative estimate of drug-likeness (QED) is 0.312. The molecule has 0 spiro atoms. The van der Waals surface area contributed by atoms with Gasteiger partial charge < -0.3 is 15.4 Å². The van der Waals surface area contributed by atoms with Crippen molar-refractivity contribution >= 4 is 22.7 Å². The summed E-state index contributed by atoms with van der Waals surface area (Å²) >= 11 is 0. The molecule has 3 aliphatic carbocycles. The van der Waals surface area contributed by atoms with Crippen LogP contribution in [0.15, 0.2) is 48.7 Å². The molecule has 2 aromatic carbocycles. The lowest BCUT2D eigenvalue weighted by Crippen LogP contribution is -2.51. The zero-order chi connectivity index (χ0) is 25.0. The van der Waals surface area contributed by atoms with Crippen LogP contribution in [0.1, 0.15) is 31.2 Å². The highest BCUT2D eigenvalue weighted by molar-refractivity contribution is 5.94. The number of rotatable bonds is 5. The molecule has 2 bridgehead atoms. The molecule has 184 valence electrons. The second-order valence-corrected chi connectivity index (χ2v) is 10.1. The van der Waals surface area contributed by atoms with E-state index >= 15 is 0 Å². The van der Waals surface area contributed by atoms with Crippen molar-refractivity contribution in [3.63, 3.8) is 0 Å². The Morgan fingerprint density at radius 3 is 2.58 bits per heavy atom. The third-order valence-electron chi connectivity index (χ3n) is 7.81. The van der Waals surface area contributed by atoms with Gasteiger partial charge in [-0.15, -0.1) is 0 Å². The SMILES string of the molecule is Cc1cccc(-c2cc(N[C@H]3C4CCC(CC4)[C@@H]3C(=O)O)nc(-c3c[nH]c4c(F)cc(F)cc34)n2)c1. The van der Waals surface area contributed by atoms with Crippen molar-refractivity contribution in [2.24, 2.45) is 17.8 Å². The van der Waals surface area contributed by atoms with Crippen LogP contribution in [0.2, 0.25) is 0 Å². The van der Waals surface area contributed by atoms with Gasteiger partial charge in [-0.25, -0.2) is 18.7 Å². The molecule has 2 aromatic heterocycles. The van der Waals surface area contributed by atoms with Crippen LogP contribution in [0.3, 0.4) is 0 Å². The number of fused-ring (bicyclic) bond motifs is 4. The van der Waals surface area contributed by atoms with E-state index in [2.05, 4.69) is 10.3 Å². The van der Waals surface area contributed by atoms with Crippen molar-refractivity contribution in [1.82, 2.24) is 15.0 Å². The molecule has 36 heavy (non-hydrogen) atoms. The molecule has 0 radical (unpaired) electrons. The van der Waals surface area contributed by atoms with Crippen molar-refractivity contribution in [2.45, 2.75) is 38.6 Å². The number of halogens is 2. The van der Waals surface area contributed by atoms with Gasteiger partial charge in [0.25, 0.3) is 0 Å². The lowest BCUT2D eigenvalue weighted by atomic mass is 9.61. The first-order valence-corrected chi connectivity index (χ1v) is 12.3. The van der Waals surface area contributed by atoms with E-state index < -0.39 is 23.5 Å². The summed E-state index contributed by atoms with van der Waals surface area (Å²) in [5.74, 6) is -1.40. The van der Waals surface area contributed by atoms with E-state index in [9.17, 15) is 18.7 Å². The molecule has 2 atom stereocenters. The first kappa shape index (κ1) is 22.6. The molecule has 0 unspecified atom stereocenters. The van der Waals surface area contributed by atoms with Gasteiger partial charge in [0.2, 0.25) is 0 Å². The van der Waals surface area contributed by atoms with Gasteiger partial charge in [0.1, 0.15) is 17.5 Å². The average molecular weight is 489 g/mol. The summed E-state index contributed by atoms with van der Waals surface area (Å²) in [7, 11) is 0. The van der Waals surface area contributed by atoms with Crippen molar-refractivity contribution in [1.29, 1.82) is 0 Å². The Kier molecular flexibility index (Phi) is 5.47. The van der Waals surface area contributed by atoms with E-state index in [0.717, 1.165) is 42.9 Å². The number of aryl methyl sites for hydroxylation is 1. The molecular weight excluding hydrogens is 462 g/mol. The molecule has 8 heteroatoms. The molecule has 0 amide bonds. The molecule has 0 aliphatic heterocycles. The van der Waals surface area contributed by atoms with Gasteiger partial charge in [-0.2, -0.15) is 0 Å². The second kappa shape index (κ2) is 8.69. The van der Waals surface area contributed by atoms with Gasteiger partial charge >= 0.3 is 5.97 Å². The van der Waals surface area contributed by atoms with Crippen molar-refractivity contribution in [3.05, 3.63) is 65.9 Å². The lowest BCUT2D eigenvalue weighted by molar-refractivity contribution is -0.148. The van der Waals surface area contributed by atoms with Gasteiger partial charge in [-0.3, -0.25) is 4.79 Å². The van der Waals surface area contributed by atoms with Gasteiger partial charge in [0.15, 0.2) is 5.82 Å². The Morgan fingerprint density at radius 2 is 1.83 bits per heavy atom. The van der Waals surface area contributed by atoms with Crippen LogP contribution in [0.5, 0.6) is 0 Å². The summed E-state index contributed by atoms with van der Waals surface area (Å²) in [6.45, 7) is 1.99. The standard InChI is InChI=1S/C28H26F2N4O2/c1-14-3-2-4-17(9-14)22-12-23(33-25-16-7-5-15(6-8-16)24(25)28(35)36)34-27(32-22)20-13-31-26-19(20)10-18(29)11-21(26)30/h2-4,9-13,15-16,24-25,31H,5-8H2,1H3,(H,35,36)(H,32,33,34)/t15?,16?,24-,25-/m0/s1. The number of aliphatic carboxylic acids is 1. The summed E-state index contributed by atoms with van der Waals surface area (Å²) in [5, 5.41) is 13.8. The predicted octanol–water partition coefficient (Wildman–Crippen LogP) is 6.18. The first-order valence-electron chi connectivity index (χ1n) is 12.3. The zero-order valence-electron chi connectivity index (χ0n) is 19.8. The maximum Gasteiger partial charge on any atom is 0.308 e. The molecule has 3 N–H and O–H groups in total. The fourth-order valence-electron chi connectivity index (χ4n) is 6.12. The number of carbonyl (C=O) groups is 1. The summed E-state index contributed by atoms with van der Waals surface area (Å²) in [6, 6.07) is 11.6. The van der Waals surface area contributed by atoms with Crippen molar-refractivity contribution in [3.8, 4) is 22.6 Å². The summed E-state index contributed by atoms with van der Waals surface area (Å²) in [4.78, 5) is 24.5. The van der Waals surface area contributed by atoms with Crippen LogP contribution >= 0.6 is 0 Å². The van der Waals surface area contributed by atoms with Crippen LogP contribution in [-0.2, 0) is 4.79 Å². The molecule has 3 saturated carbocycles. The molecule has 2 heterocycles. The van der Waals surface area contributed by atoms with E-state index in [4.69, 9.17) is 9.97 Å². The van der Waals surface area contributed by atoms with Gasteiger partial charge in [0.05, 0.1) is 17.1 Å². The summed E-state index contributed by atoms with van der Waals surface area (Å²) in [5.41, 5.74) is 3.24. The van der Waals surface area contributed by atoms with E-state index in [1.807, 2.05) is 37.3 Å². The van der Waals surface area contributed by atoms with Crippen molar-refractivity contribution < 1.29 is 18.7 Å². The molecule has 6 nitrogen and oxygen atoms in total. The third-order valence-corrected chi connectivity index (χ3v) is 7.81. The number of aromatic amines is 1. The second-order valence-electron chi connectivity index (χ2n) is 10.1. The van der Waals surface area contributed by atoms with E-state index in [1.54, 1.807) is 6.20 Å². The van der Waals surface area contributed by atoms with Gasteiger partial charge in [-0.05, 0) is 56.6 Å². The molecular formula is C28H26F2N4O2. The van der Waals surface area contributed by atoms with Crippen LogP contribution in [-0.4, -0.2) is 32.1 Å². The minimum absolute atomic E-state index is 0.155. The van der Waals surface area contributed by atoms with Gasteiger partial charge in [-0.1, -0.05) is 23.8 Å². The topological polar surface area (TPSA) is 90.9 Å². The minimum Gasteiger partial charge on any atom is -0.481 e. The van der Waals surface area contributed by atoms with E-state index in [1.165, 1.54) is 6.07 Å². The minimum atomic E-state index is -0.780. The fourth-order valence-corrected chi connectivity index (χ4v) is 6.12. The largest absolute Gasteiger partial charge is 0.481 e. The Labute approximate surface area is 206 Å². The van der Waals surface area contributed by atoms with Crippen LogP contribution in [0.25, 0.3) is 33.5 Å². The number of carboxylic acid groups (broad SMARTS) is 1. The highest BCUT2D eigenvalue weighted by Gasteiger charge is 2.47. The van der Waals surface area contributed by atoms with Crippen LogP contribution < -0.4 is 5.32 Å². The van der Waals surface area contributed by atoms with E-state index in [-0.39, 0.29) is 23.4 Å². The number of anilines is 1. The number of carboxylic acids is 1. The Bertz CT molecular complexity index is 1480. The van der Waals surface area contributed by atoms with Crippen LogP contribution in [0, 0.1) is 36.3 Å². The van der Waals surface area contributed by atoms with Crippen molar-refractivity contribution in [2.75, 3.05) is 5.32 Å². The Hall–Kier alpha value is -3.81. The molecule has 4 aromatic rings. The number of aromatic nitrogens is 3. The fraction of sp³-hybridized carbons (Fsp3) is 0.321. The number of nitrogens with zero attached hydrogens (tertiary/aromatic N) is 2. The maximum atomic E-state index is 14.4. The average Bonchev–Trinajstić information content (AvgIpc) is 3.28. The number of H-pyrrole nitrogens is 1. The highest BCUT2D eigenvalue weighted by Crippen LogP contribution is 2.46. The monoisotopic (exact) mass is 488 g/mol. The van der Waals surface area contributed by atoms with E-state index in [0.29, 0.717) is 28.3 Å². The summed E-state index contributed by atoms with van der Waals surface area (Å²) < 4.78 is 28.5. The zero-order valence-corrected chi connectivity index (χ0v) is 19.8. The number of hydrogen-bond donors (Lipinski definition) is 3. The smallest absolute Gasteiger partial charge is 0.308 e. The Balaban J connectivity index is 1.48. The first-order chi connectivity index (χ1) is 17.4. The summed E-state index contributed by atoms with van der Waals surface area (Å²) in [6.07, 6.45) is 5.45. The normalized spacial score (nSPS) is 23.2. The molecule has 0 saturated heterocycles. The van der Waals surface area contributed by atoms with Crippen LogP contribution in [0.4, 0.5) is 14.6 Å².